The smallest absolute Gasteiger partial charge is 0.318 e. The summed E-state index contributed by atoms with van der Waals surface area (Å²) in [6.07, 6.45) is 0. The number of nitrogens with two attached hydrogens (primary N) is 1. The van der Waals surface area contributed by atoms with Gasteiger partial charge in [0.1, 0.15) is 18.0 Å². The number of methoxy groups -OCH3 is 2. The molecule has 0 bridgehead atoms. The quantitative estimate of drug-likeness (QED) is 0.0589. The van der Waals surface area contributed by atoms with Crippen molar-refractivity contribution >= 4 is 76.1 Å². The van der Waals surface area contributed by atoms with Crippen LogP contribution in [0.5, 0.6) is 11.5 Å². The minimum Gasteiger partial charge on any atom is -0.497 e. The maximum atomic E-state index is 13.6. The first-order valence-electron chi connectivity index (χ1n) is 23.5. The zero-order chi connectivity index (χ0) is 53.3. The van der Waals surface area contributed by atoms with Crippen molar-refractivity contribution in [1.82, 2.24) is 36.8 Å². The Morgan fingerprint density at radius 1 is 0.541 bits per heavy atom. The summed E-state index contributed by atoms with van der Waals surface area (Å²) in [6.45, 7) is 6.55. The van der Waals surface area contributed by atoms with E-state index in [2.05, 4.69) is 31.9 Å². The van der Waals surface area contributed by atoms with Gasteiger partial charge in [-0.25, -0.2) is 4.79 Å². The highest BCUT2D eigenvalue weighted by Crippen LogP contribution is 2.33. The van der Waals surface area contributed by atoms with Crippen molar-refractivity contribution in [3.8, 4) is 11.5 Å². The van der Waals surface area contributed by atoms with Crippen molar-refractivity contribution in [2.45, 2.75) is 38.0 Å². The molecule has 19 heteroatoms. The van der Waals surface area contributed by atoms with Crippen LogP contribution >= 0.6 is 46.4 Å². The summed E-state index contributed by atoms with van der Waals surface area (Å²) < 4.78 is 10.5. The van der Waals surface area contributed by atoms with E-state index in [1.165, 1.54) is 4.90 Å². The first-order valence-corrected chi connectivity index (χ1v) is 25.0. The molecular weight excluding hydrogens is 1030 g/mol. The molecule has 6 aromatic rings. The van der Waals surface area contributed by atoms with Gasteiger partial charge in [-0.3, -0.25) is 19.2 Å². The first-order chi connectivity index (χ1) is 35.5. The standard InChI is InChI=1S/C28H28Cl2N4O4.C23H22Cl2N2O2.C4H8N2O/c1-17-15-22(38-2)11-12-23(17)27(36)32-25(18-3-7-20(29)8-4-18)26(19-5-9-21(30)10-6-19)33-28(37)34-14-13-31-24(35)16-34;1-14-13-19(29-2)11-12-20(14)23(28)27-22(16-5-9-18(25)10-6-16)21(26)15-3-7-17(24)8-4-15;7-4-3-5-1-2-6-4/h3-12,15,25-26H,13-14,16H2,1-2H3,(H,31,35)(H,32,36)(H,33,37);3-13,21-22H,26H2,1-2H3,(H,27,28);5H,1-3H2,(H,6,7)/t25-,26+;21-,22+;/m01./s1. The maximum Gasteiger partial charge on any atom is 0.318 e. The van der Waals surface area contributed by atoms with E-state index in [1.807, 2.05) is 44.2 Å². The van der Waals surface area contributed by atoms with Gasteiger partial charge in [-0.2, -0.15) is 0 Å². The zero-order valence-corrected chi connectivity index (χ0v) is 44.2. The third kappa shape index (κ3) is 16.1. The molecule has 4 atom stereocenters. The molecule has 2 aliphatic heterocycles. The van der Waals surface area contributed by atoms with Crippen LogP contribution in [-0.4, -0.2) is 88.0 Å². The molecule has 2 fully saturated rings. The molecule has 0 spiro atoms. The Kier molecular flexibility index (Phi) is 20.9. The van der Waals surface area contributed by atoms with Crippen LogP contribution < -0.4 is 47.1 Å². The van der Waals surface area contributed by atoms with Gasteiger partial charge in [0.15, 0.2) is 0 Å². The van der Waals surface area contributed by atoms with Gasteiger partial charge in [-0.1, -0.05) is 94.9 Å². The fourth-order valence-electron chi connectivity index (χ4n) is 8.05. The fourth-order valence-corrected chi connectivity index (χ4v) is 8.56. The Morgan fingerprint density at radius 2 is 0.946 bits per heavy atom. The number of carbonyl (C=O) groups is 5. The van der Waals surface area contributed by atoms with Crippen LogP contribution in [0.3, 0.4) is 0 Å². The van der Waals surface area contributed by atoms with Gasteiger partial charge in [0.05, 0.1) is 44.9 Å². The predicted octanol–water partition coefficient (Wildman–Crippen LogP) is 8.85. The Bertz CT molecular complexity index is 2870. The van der Waals surface area contributed by atoms with E-state index in [1.54, 1.807) is 117 Å². The molecule has 6 aromatic carbocycles. The molecule has 74 heavy (non-hydrogen) atoms. The van der Waals surface area contributed by atoms with E-state index < -0.39 is 30.2 Å². The number of nitrogens with one attached hydrogen (secondary N) is 6. The highest BCUT2D eigenvalue weighted by molar-refractivity contribution is 6.31. The van der Waals surface area contributed by atoms with E-state index >= 15 is 0 Å². The van der Waals surface area contributed by atoms with E-state index in [0.29, 0.717) is 62.4 Å². The lowest BCUT2D eigenvalue weighted by Crippen LogP contribution is -2.54. The summed E-state index contributed by atoms with van der Waals surface area (Å²) >= 11 is 24.3. The van der Waals surface area contributed by atoms with Crippen LogP contribution in [-0.2, 0) is 9.59 Å². The van der Waals surface area contributed by atoms with Crippen molar-refractivity contribution in [2.24, 2.45) is 5.73 Å². The molecule has 388 valence electrons. The summed E-state index contributed by atoms with van der Waals surface area (Å²) in [5.74, 6) is 0.680. The molecule has 0 saturated carbocycles. The van der Waals surface area contributed by atoms with E-state index in [0.717, 1.165) is 46.5 Å². The number of benzene rings is 6. The summed E-state index contributed by atoms with van der Waals surface area (Å²) in [7, 11) is 3.16. The molecular formula is C55H58Cl4N8O7. The lowest BCUT2D eigenvalue weighted by atomic mass is 9.92. The van der Waals surface area contributed by atoms with Gasteiger partial charge in [-0.15, -0.1) is 0 Å². The molecule has 8 N–H and O–H groups in total. The van der Waals surface area contributed by atoms with Crippen molar-refractivity contribution in [1.29, 1.82) is 0 Å². The van der Waals surface area contributed by atoms with E-state index in [-0.39, 0.29) is 30.2 Å². The van der Waals surface area contributed by atoms with Gasteiger partial charge < -0.3 is 52.0 Å². The Morgan fingerprint density at radius 3 is 1.32 bits per heavy atom. The fraction of sp³-hybridized carbons (Fsp3) is 0.255. The van der Waals surface area contributed by atoms with Crippen molar-refractivity contribution in [2.75, 3.05) is 53.5 Å². The lowest BCUT2D eigenvalue weighted by molar-refractivity contribution is -0.123. The SMILES string of the molecule is COc1ccc(C(=O)N[C@@H](c2ccc(Cl)cc2)[C@H](N)c2ccc(Cl)cc2)c(C)c1.COc1ccc(C(=O)N[C@@H](c2ccc(Cl)cc2)[C@H](NC(=O)N2CCNC(=O)C2)c2ccc(Cl)cc2)c(C)c1.O=C1CNCCN1. The molecule has 8 rings (SSSR count). The van der Waals surface area contributed by atoms with E-state index in [4.69, 9.17) is 61.6 Å². The Labute approximate surface area is 450 Å². The largest absolute Gasteiger partial charge is 0.497 e. The number of amides is 6. The van der Waals surface area contributed by atoms with Crippen molar-refractivity contribution in [3.63, 3.8) is 0 Å². The van der Waals surface area contributed by atoms with Crippen LogP contribution in [0.4, 0.5) is 4.79 Å². The van der Waals surface area contributed by atoms with Crippen molar-refractivity contribution in [3.05, 3.63) is 198 Å². The number of halogens is 4. The summed E-state index contributed by atoms with van der Waals surface area (Å²) in [5.41, 5.74) is 12.3. The monoisotopic (exact) mass is 1080 g/mol. The molecule has 0 unspecified atom stereocenters. The third-order valence-electron chi connectivity index (χ3n) is 12.1. The van der Waals surface area contributed by atoms with Crippen LogP contribution in [0.1, 0.15) is 78.3 Å². The normalized spacial score (nSPS) is 14.6. The number of ether oxygens (including phenoxy) is 2. The molecule has 2 aliphatic rings. The number of piperazine rings is 2. The number of hydrogen-bond donors (Lipinski definition) is 7. The molecule has 6 amide bonds. The molecule has 0 aromatic heterocycles. The first kappa shape index (κ1) is 56.4. The number of carbonyl (C=O) groups excluding carboxylic acids is 5. The lowest BCUT2D eigenvalue weighted by Gasteiger charge is -2.33. The highest BCUT2D eigenvalue weighted by Gasteiger charge is 2.32. The zero-order valence-electron chi connectivity index (χ0n) is 41.1. The molecule has 2 saturated heterocycles. The van der Waals surface area contributed by atoms with E-state index in [9.17, 15) is 24.0 Å². The Balaban J connectivity index is 0.000000218. The average Bonchev–Trinajstić information content (AvgIpc) is 3.40. The van der Waals surface area contributed by atoms with Crippen LogP contribution in [0, 0.1) is 13.8 Å². The van der Waals surface area contributed by atoms with Crippen LogP contribution in [0.15, 0.2) is 133 Å². The number of rotatable bonds is 13. The third-order valence-corrected chi connectivity index (χ3v) is 13.1. The summed E-state index contributed by atoms with van der Waals surface area (Å²) in [5, 5.41) is 19.9. The highest BCUT2D eigenvalue weighted by atomic mass is 35.5. The van der Waals surface area contributed by atoms with Gasteiger partial charge in [0.25, 0.3) is 11.8 Å². The van der Waals surface area contributed by atoms with Gasteiger partial charge >= 0.3 is 6.03 Å². The topological polar surface area (TPSA) is 205 Å². The number of aryl methyl sites for hydroxylation is 2. The second-order valence-corrected chi connectivity index (χ2v) is 19.0. The molecule has 15 nitrogen and oxygen atoms in total. The summed E-state index contributed by atoms with van der Waals surface area (Å²) in [4.78, 5) is 63.6. The van der Waals surface area contributed by atoms with Crippen LogP contribution in [0.25, 0.3) is 0 Å². The maximum absolute atomic E-state index is 13.6. The molecule has 2 heterocycles. The summed E-state index contributed by atoms with van der Waals surface area (Å²) in [6, 6.07) is 36.5. The van der Waals surface area contributed by atoms with Gasteiger partial charge in [0.2, 0.25) is 11.8 Å². The number of hydrogen-bond acceptors (Lipinski definition) is 9. The van der Waals surface area contributed by atoms with Gasteiger partial charge in [-0.05, 0) is 132 Å². The second kappa shape index (κ2) is 27.4. The predicted molar refractivity (Wildman–Crippen MR) is 290 cm³/mol. The number of urea groups is 1. The second-order valence-electron chi connectivity index (χ2n) is 17.2. The minimum absolute atomic E-state index is 0.0534. The Hall–Kier alpha value is -6.85. The van der Waals surface area contributed by atoms with Crippen molar-refractivity contribution < 1.29 is 33.4 Å². The number of nitrogens with zero attached hydrogens (tertiary/aromatic N) is 1. The van der Waals surface area contributed by atoms with Crippen LogP contribution in [0.2, 0.25) is 20.1 Å². The average molecular weight is 1080 g/mol. The van der Waals surface area contributed by atoms with Gasteiger partial charge in [0, 0.05) is 57.4 Å². The molecule has 0 aliphatic carbocycles. The molecule has 0 radical (unpaired) electrons. The minimum atomic E-state index is -0.701.